The molecule has 1 atom stereocenters. The number of benzene rings is 1. The third-order valence-corrected chi connectivity index (χ3v) is 2.33. The maximum Gasteiger partial charge on any atom is 0.328 e. The lowest BCUT2D eigenvalue weighted by atomic mass is 10.2. The number of carbonyl (C=O) groups is 1. The molecule has 1 aromatic heterocycles. The molecule has 1 heterocycles. The Morgan fingerprint density at radius 1 is 1.53 bits per heavy atom. The van der Waals surface area contributed by atoms with E-state index in [-0.39, 0.29) is 6.54 Å². The summed E-state index contributed by atoms with van der Waals surface area (Å²) < 4.78 is 1.58. The quantitative estimate of drug-likeness (QED) is 0.769. The van der Waals surface area contributed by atoms with E-state index in [9.17, 15) is 4.79 Å². The van der Waals surface area contributed by atoms with Crippen molar-refractivity contribution in [1.82, 2.24) is 9.55 Å². The van der Waals surface area contributed by atoms with Crippen molar-refractivity contribution >= 4 is 17.0 Å². The van der Waals surface area contributed by atoms with Gasteiger partial charge in [-0.1, -0.05) is 12.1 Å². The molecular formula is C10H11N3O2. The van der Waals surface area contributed by atoms with Crippen LogP contribution in [0, 0.1) is 0 Å². The van der Waals surface area contributed by atoms with Crippen LogP contribution in [0.15, 0.2) is 30.6 Å². The first-order valence-corrected chi connectivity index (χ1v) is 4.58. The van der Waals surface area contributed by atoms with Crippen molar-refractivity contribution in [3.8, 4) is 0 Å². The Bertz CT molecular complexity index is 492. The second-order valence-corrected chi connectivity index (χ2v) is 3.23. The molecule has 1 aromatic carbocycles. The predicted molar refractivity (Wildman–Crippen MR) is 55.5 cm³/mol. The number of fused-ring (bicyclic) bond motifs is 1. The molecule has 0 spiro atoms. The molecule has 2 rings (SSSR count). The number of aliphatic carboxylic acids is 1. The fourth-order valence-corrected chi connectivity index (χ4v) is 1.56. The molecule has 1 unspecified atom stereocenters. The summed E-state index contributed by atoms with van der Waals surface area (Å²) in [7, 11) is 0. The summed E-state index contributed by atoms with van der Waals surface area (Å²) in [6.07, 6.45) is 1.51. The number of nitrogens with two attached hydrogens (primary N) is 1. The highest BCUT2D eigenvalue weighted by Crippen LogP contribution is 2.16. The maximum absolute atomic E-state index is 10.9. The second-order valence-electron chi connectivity index (χ2n) is 3.23. The molecule has 3 N–H and O–H groups in total. The van der Waals surface area contributed by atoms with E-state index in [1.165, 1.54) is 6.33 Å². The van der Waals surface area contributed by atoms with Gasteiger partial charge in [0.05, 0.1) is 17.4 Å². The summed E-state index contributed by atoms with van der Waals surface area (Å²) in [5.41, 5.74) is 6.99. The van der Waals surface area contributed by atoms with Gasteiger partial charge in [-0.05, 0) is 12.1 Å². The lowest BCUT2D eigenvalue weighted by molar-refractivity contribution is -0.140. The molecule has 0 fully saturated rings. The predicted octanol–water partition coefficient (Wildman–Crippen LogP) is 0.621. The van der Waals surface area contributed by atoms with Crippen molar-refractivity contribution in [2.45, 2.75) is 6.04 Å². The second kappa shape index (κ2) is 3.70. The number of nitrogens with zero attached hydrogens (tertiary/aromatic N) is 2. The number of hydrogen-bond acceptors (Lipinski definition) is 3. The van der Waals surface area contributed by atoms with Crippen LogP contribution in [0.25, 0.3) is 11.0 Å². The van der Waals surface area contributed by atoms with Crippen molar-refractivity contribution in [1.29, 1.82) is 0 Å². The maximum atomic E-state index is 10.9. The molecule has 0 saturated carbocycles. The molecule has 0 radical (unpaired) electrons. The minimum Gasteiger partial charge on any atom is -0.480 e. The molecule has 78 valence electrons. The van der Waals surface area contributed by atoms with Crippen molar-refractivity contribution < 1.29 is 9.90 Å². The average Bonchev–Trinajstić information content (AvgIpc) is 2.63. The van der Waals surface area contributed by atoms with E-state index in [1.54, 1.807) is 4.57 Å². The summed E-state index contributed by atoms with van der Waals surface area (Å²) in [6.45, 7) is 0.0513. The Hall–Kier alpha value is -1.88. The molecule has 0 amide bonds. The van der Waals surface area contributed by atoms with E-state index in [2.05, 4.69) is 4.98 Å². The van der Waals surface area contributed by atoms with Crippen molar-refractivity contribution in [2.75, 3.05) is 6.54 Å². The lowest BCUT2D eigenvalue weighted by Gasteiger charge is -2.11. The lowest BCUT2D eigenvalue weighted by Crippen LogP contribution is -2.26. The van der Waals surface area contributed by atoms with Gasteiger partial charge in [0.2, 0.25) is 0 Å². The molecule has 0 aliphatic rings. The highest BCUT2D eigenvalue weighted by Gasteiger charge is 2.19. The summed E-state index contributed by atoms with van der Waals surface area (Å²) in [5.74, 6) is -0.944. The summed E-state index contributed by atoms with van der Waals surface area (Å²) in [6, 6.07) is 6.61. The van der Waals surface area contributed by atoms with Crippen LogP contribution in [0.2, 0.25) is 0 Å². The van der Waals surface area contributed by atoms with Gasteiger partial charge in [0.1, 0.15) is 6.04 Å². The van der Waals surface area contributed by atoms with Crippen molar-refractivity contribution in [3.05, 3.63) is 30.6 Å². The fraction of sp³-hybridized carbons (Fsp3) is 0.200. The molecule has 2 aromatic rings. The highest BCUT2D eigenvalue weighted by molar-refractivity contribution is 5.79. The van der Waals surface area contributed by atoms with Crippen molar-refractivity contribution in [2.24, 2.45) is 5.73 Å². The van der Waals surface area contributed by atoms with Crippen LogP contribution in [0.1, 0.15) is 6.04 Å². The first kappa shape index (κ1) is 9.67. The number of rotatable bonds is 3. The van der Waals surface area contributed by atoms with Gasteiger partial charge in [-0.3, -0.25) is 0 Å². The van der Waals surface area contributed by atoms with Crippen LogP contribution in [0.4, 0.5) is 0 Å². The molecule has 0 aliphatic heterocycles. The number of hydrogen-bond donors (Lipinski definition) is 2. The van der Waals surface area contributed by atoms with E-state index >= 15 is 0 Å². The first-order chi connectivity index (χ1) is 7.24. The summed E-state index contributed by atoms with van der Waals surface area (Å²) in [5, 5.41) is 8.98. The molecule has 0 saturated heterocycles. The average molecular weight is 205 g/mol. The standard InChI is InChI=1S/C10H11N3O2/c11-5-9(10(14)15)13-6-12-7-3-1-2-4-8(7)13/h1-4,6,9H,5,11H2,(H,14,15). The third kappa shape index (κ3) is 1.57. The van der Waals surface area contributed by atoms with E-state index in [1.807, 2.05) is 24.3 Å². The molecule has 5 nitrogen and oxygen atoms in total. The van der Waals surface area contributed by atoms with Gasteiger partial charge in [0.25, 0.3) is 0 Å². The SMILES string of the molecule is NCC(C(=O)O)n1cnc2ccccc21. The zero-order valence-electron chi connectivity index (χ0n) is 8.00. The molecule has 15 heavy (non-hydrogen) atoms. The number of carboxylic acid groups (broad SMARTS) is 1. The zero-order valence-corrected chi connectivity index (χ0v) is 8.00. The molecular weight excluding hydrogens is 194 g/mol. The van der Waals surface area contributed by atoms with E-state index in [0.717, 1.165) is 11.0 Å². The summed E-state index contributed by atoms with van der Waals surface area (Å²) >= 11 is 0. The van der Waals surface area contributed by atoms with Gasteiger partial charge in [0, 0.05) is 6.54 Å². The summed E-state index contributed by atoms with van der Waals surface area (Å²) in [4.78, 5) is 15.1. The minimum absolute atomic E-state index is 0.0513. The smallest absolute Gasteiger partial charge is 0.328 e. The van der Waals surface area contributed by atoms with Gasteiger partial charge in [-0.2, -0.15) is 0 Å². The van der Waals surface area contributed by atoms with Crippen LogP contribution >= 0.6 is 0 Å². The Balaban J connectivity index is 2.55. The van der Waals surface area contributed by atoms with Gasteiger partial charge in [-0.15, -0.1) is 0 Å². The Labute approximate surface area is 86.1 Å². The highest BCUT2D eigenvalue weighted by atomic mass is 16.4. The van der Waals surface area contributed by atoms with Gasteiger partial charge >= 0.3 is 5.97 Å². The Kier molecular flexibility index (Phi) is 2.39. The van der Waals surface area contributed by atoms with E-state index in [0.29, 0.717) is 0 Å². The Morgan fingerprint density at radius 3 is 2.93 bits per heavy atom. The normalized spacial score (nSPS) is 12.9. The number of imidazole rings is 1. The minimum atomic E-state index is -0.944. The van der Waals surface area contributed by atoms with Gasteiger partial charge in [0.15, 0.2) is 0 Å². The molecule has 0 bridgehead atoms. The number of aromatic nitrogens is 2. The fourth-order valence-electron chi connectivity index (χ4n) is 1.56. The van der Waals surface area contributed by atoms with Crippen molar-refractivity contribution in [3.63, 3.8) is 0 Å². The van der Waals surface area contributed by atoms with E-state index in [4.69, 9.17) is 10.8 Å². The number of para-hydroxylation sites is 2. The number of carboxylic acids is 1. The topological polar surface area (TPSA) is 81.1 Å². The van der Waals surface area contributed by atoms with Crippen LogP contribution in [0.3, 0.4) is 0 Å². The van der Waals surface area contributed by atoms with Crippen LogP contribution in [-0.4, -0.2) is 27.2 Å². The zero-order chi connectivity index (χ0) is 10.8. The molecule has 0 aliphatic carbocycles. The van der Waals surface area contributed by atoms with Crippen LogP contribution < -0.4 is 5.73 Å². The van der Waals surface area contributed by atoms with Gasteiger partial charge in [-0.25, -0.2) is 9.78 Å². The largest absolute Gasteiger partial charge is 0.480 e. The third-order valence-electron chi connectivity index (χ3n) is 2.33. The van der Waals surface area contributed by atoms with Crippen LogP contribution in [0.5, 0.6) is 0 Å². The first-order valence-electron chi connectivity index (χ1n) is 4.58. The monoisotopic (exact) mass is 205 g/mol. The Morgan fingerprint density at radius 2 is 2.27 bits per heavy atom. The molecule has 5 heteroatoms. The van der Waals surface area contributed by atoms with E-state index < -0.39 is 12.0 Å². The van der Waals surface area contributed by atoms with Gasteiger partial charge < -0.3 is 15.4 Å². The van der Waals surface area contributed by atoms with Crippen LogP contribution in [-0.2, 0) is 4.79 Å².